The predicted molar refractivity (Wildman–Crippen MR) is 114 cm³/mol. The highest BCUT2D eigenvalue weighted by atomic mass is 127. The number of guanidine groups is 1. The summed E-state index contributed by atoms with van der Waals surface area (Å²) in [6, 6.07) is 10.1. The van der Waals surface area contributed by atoms with Crippen molar-refractivity contribution in [3.63, 3.8) is 0 Å². The summed E-state index contributed by atoms with van der Waals surface area (Å²) in [5.74, 6) is 0.859. The maximum atomic E-state index is 6.14. The van der Waals surface area contributed by atoms with E-state index in [9.17, 15) is 0 Å². The molecule has 1 aromatic carbocycles. The molecule has 136 valence electrons. The van der Waals surface area contributed by atoms with Crippen molar-refractivity contribution in [2.24, 2.45) is 4.99 Å². The van der Waals surface area contributed by atoms with Crippen LogP contribution in [0.5, 0.6) is 0 Å². The van der Waals surface area contributed by atoms with Crippen LogP contribution < -0.4 is 10.6 Å². The first-order chi connectivity index (χ1) is 11.7. The van der Waals surface area contributed by atoms with Crippen molar-refractivity contribution in [1.29, 1.82) is 0 Å². The predicted octanol–water partition coefficient (Wildman–Crippen LogP) is 3.44. The lowest BCUT2D eigenvalue weighted by Crippen LogP contribution is -2.39. The molecule has 1 fully saturated rings. The maximum Gasteiger partial charge on any atom is 0.191 e. The van der Waals surface area contributed by atoms with Gasteiger partial charge in [0.15, 0.2) is 5.96 Å². The molecule has 1 heterocycles. The number of nitrogens with zero attached hydrogens (tertiary/aromatic N) is 3. The molecule has 0 bridgehead atoms. The van der Waals surface area contributed by atoms with Crippen molar-refractivity contribution in [2.45, 2.75) is 31.7 Å². The Morgan fingerprint density at radius 1 is 1.32 bits per heavy atom. The molecule has 0 amide bonds. The van der Waals surface area contributed by atoms with Crippen LogP contribution in [0.15, 0.2) is 47.7 Å². The van der Waals surface area contributed by atoms with Gasteiger partial charge in [-0.25, -0.2) is 0 Å². The molecule has 2 N–H and O–H groups in total. The van der Waals surface area contributed by atoms with Crippen LogP contribution in [0, 0.1) is 0 Å². The molecule has 25 heavy (non-hydrogen) atoms. The second-order valence-electron chi connectivity index (χ2n) is 6.18. The molecular formula is C18H25ClIN5. The lowest BCUT2D eigenvalue weighted by Gasteiger charge is -2.16. The molecule has 1 aromatic heterocycles. The van der Waals surface area contributed by atoms with Gasteiger partial charge in [0.1, 0.15) is 0 Å². The molecule has 1 aliphatic rings. The molecule has 0 saturated heterocycles. The van der Waals surface area contributed by atoms with Crippen LogP contribution in [0.1, 0.15) is 25.3 Å². The Bertz CT molecular complexity index is 683. The van der Waals surface area contributed by atoms with E-state index in [2.05, 4.69) is 34.8 Å². The van der Waals surface area contributed by atoms with Crippen molar-refractivity contribution in [1.82, 2.24) is 20.4 Å². The molecule has 0 radical (unpaired) electrons. The number of aliphatic imine (C=N–C) groups is 1. The van der Waals surface area contributed by atoms with E-state index in [-0.39, 0.29) is 29.4 Å². The van der Waals surface area contributed by atoms with E-state index in [1.165, 1.54) is 18.4 Å². The Hall–Kier alpha value is -1.28. The fraction of sp³-hybridized carbons (Fsp3) is 0.444. The van der Waals surface area contributed by atoms with Crippen molar-refractivity contribution in [3.8, 4) is 0 Å². The summed E-state index contributed by atoms with van der Waals surface area (Å²) in [5, 5.41) is 11.7. The van der Waals surface area contributed by atoms with Gasteiger partial charge in [-0.15, -0.1) is 24.0 Å². The highest BCUT2D eigenvalue weighted by Gasteiger charge is 2.44. The van der Waals surface area contributed by atoms with Gasteiger partial charge < -0.3 is 10.6 Å². The topological polar surface area (TPSA) is 54.2 Å². The lowest BCUT2D eigenvalue weighted by molar-refractivity contribution is 0.596. The number of benzene rings is 1. The number of hydrogen-bond acceptors (Lipinski definition) is 2. The van der Waals surface area contributed by atoms with Crippen molar-refractivity contribution < 1.29 is 0 Å². The third-order valence-electron chi connectivity index (χ3n) is 4.37. The maximum absolute atomic E-state index is 6.14. The molecule has 0 aliphatic heterocycles. The fourth-order valence-electron chi connectivity index (χ4n) is 2.80. The number of hydrogen-bond donors (Lipinski definition) is 2. The number of rotatable bonds is 7. The van der Waals surface area contributed by atoms with Gasteiger partial charge in [-0.3, -0.25) is 9.67 Å². The van der Waals surface area contributed by atoms with Crippen LogP contribution in [-0.2, 0) is 12.0 Å². The highest BCUT2D eigenvalue weighted by molar-refractivity contribution is 14.0. The van der Waals surface area contributed by atoms with Crippen LogP contribution in [0.2, 0.25) is 5.02 Å². The molecule has 7 heteroatoms. The van der Waals surface area contributed by atoms with Gasteiger partial charge in [0.2, 0.25) is 0 Å². The largest absolute Gasteiger partial charge is 0.357 e. The third kappa shape index (κ3) is 5.60. The van der Waals surface area contributed by atoms with Crippen LogP contribution in [0.4, 0.5) is 0 Å². The molecule has 0 unspecified atom stereocenters. The van der Waals surface area contributed by atoms with Crippen molar-refractivity contribution in [2.75, 3.05) is 19.6 Å². The Morgan fingerprint density at radius 2 is 2.16 bits per heavy atom. The van der Waals surface area contributed by atoms with Crippen molar-refractivity contribution in [3.05, 3.63) is 53.3 Å². The SMILES string of the molecule is CCNC(=NCC1(c2cccc(Cl)c2)CC1)NCCn1cccn1.I. The zero-order valence-corrected chi connectivity index (χ0v) is 17.5. The van der Waals surface area contributed by atoms with Crippen LogP contribution in [-0.4, -0.2) is 35.4 Å². The van der Waals surface area contributed by atoms with Crippen LogP contribution in [0.25, 0.3) is 0 Å². The fourth-order valence-corrected chi connectivity index (χ4v) is 2.99. The van der Waals surface area contributed by atoms with Gasteiger partial charge in [-0.05, 0) is 43.5 Å². The minimum Gasteiger partial charge on any atom is -0.357 e. The zero-order valence-electron chi connectivity index (χ0n) is 14.4. The minimum absolute atomic E-state index is 0. The van der Waals surface area contributed by atoms with Crippen LogP contribution >= 0.6 is 35.6 Å². The molecule has 0 spiro atoms. The average Bonchev–Trinajstić information content (AvgIpc) is 3.20. The van der Waals surface area contributed by atoms with Gasteiger partial charge in [0.25, 0.3) is 0 Å². The summed E-state index contributed by atoms with van der Waals surface area (Å²) in [7, 11) is 0. The Morgan fingerprint density at radius 3 is 2.80 bits per heavy atom. The van der Waals surface area contributed by atoms with E-state index in [1.807, 2.05) is 29.1 Å². The van der Waals surface area contributed by atoms with Gasteiger partial charge >= 0.3 is 0 Å². The monoisotopic (exact) mass is 473 g/mol. The first kappa shape index (κ1) is 20.0. The van der Waals surface area contributed by atoms with E-state index in [0.29, 0.717) is 0 Å². The second kappa shape index (κ2) is 9.43. The van der Waals surface area contributed by atoms with Crippen LogP contribution in [0.3, 0.4) is 0 Å². The molecule has 1 aliphatic carbocycles. The third-order valence-corrected chi connectivity index (χ3v) is 4.60. The number of halogens is 2. The smallest absolute Gasteiger partial charge is 0.191 e. The van der Waals surface area contributed by atoms with E-state index < -0.39 is 0 Å². The summed E-state index contributed by atoms with van der Waals surface area (Å²) in [6.07, 6.45) is 6.10. The first-order valence-electron chi connectivity index (χ1n) is 8.47. The Labute approximate surface area is 171 Å². The minimum atomic E-state index is 0. The quantitative estimate of drug-likeness (QED) is 0.368. The first-order valence-corrected chi connectivity index (χ1v) is 8.85. The summed E-state index contributed by atoms with van der Waals surface area (Å²) < 4.78 is 1.91. The van der Waals surface area contributed by atoms with Gasteiger partial charge in [0, 0.05) is 35.9 Å². The molecule has 0 atom stereocenters. The van der Waals surface area contributed by atoms with Gasteiger partial charge in [0.05, 0.1) is 13.1 Å². The van der Waals surface area contributed by atoms with Gasteiger partial charge in [-0.2, -0.15) is 5.10 Å². The summed E-state index contributed by atoms with van der Waals surface area (Å²) in [4.78, 5) is 4.79. The molecule has 3 rings (SSSR count). The number of aromatic nitrogens is 2. The Kier molecular flexibility index (Phi) is 7.56. The molecule has 1 saturated carbocycles. The molecular weight excluding hydrogens is 449 g/mol. The normalized spacial score (nSPS) is 15.4. The summed E-state index contributed by atoms with van der Waals surface area (Å²) in [5.41, 5.74) is 1.46. The lowest BCUT2D eigenvalue weighted by atomic mass is 9.96. The zero-order chi connectivity index (χ0) is 16.8. The molecule has 2 aromatic rings. The highest BCUT2D eigenvalue weighted by Crippen LogP contribution is 2.48. The van der Waals surface area contributed by atoms with Crippen molar-refractivity contribution >= 4 is 41.5 Å². The average molecular weight is 474 g/mol. The number of nitrogens with one attached hydrogen (secondary N) is 2. The molecule has 5 nitrogen and oxygen atoms in total. The van der Waals surface area contributed by atoms with E-state index in [1.54, 1.807) is 6.20 Å². The van der Waals surface area contributed by atoms with Gasteiger partial charge in [-0.1, -0.05) is 23.7 Å². The van der Waals surface area contributed by atoms with E-state index in [4.69, 9.17) is 16.6 Å². The second-order valence-corrected chi connectivity index (χ2v) is 6.62. The Balaban J connectivity index is 0.00000225. The summed E-state index contributed by atoms with van der Waals surface area (Å²) in [6.45, 7) is 5.31. The summed E-state index contributed by atoms with van der Waals surface area (Å²) >= 11 is 6.14. The van der Waals surface area contributed by atoms with E-state index >= 15 is 0 Å². The standard InChI is InChI=1S/C18H24ClN5.HI/c1-2-20-17(21-10-12-24-11-4-9-23-24)22-14-18(7-8-18)15-5-3-6-16(19)13-15;/h3-6,9,11,13H,2,7-8,10,12,14H2,1H3,(H2,20,21,22);1H. The van der Waals surface area contributed by atoms with E-state index in [0.717, 1.165) is 37.2 Å².